The highest BCUT2D eigenvalue weighted by molar-refractivity contribution is 8.00. The number of halogens is 4. The van der Waals surface area contributed by atoms with Crippen LogP contribution in [0.15, 0.2) is 65.6 Å². The number of hydrogen-bond donors (Lipinski definition) is 2. The van der Waals surface area contributed by atoms with Gasteiger partial charge in [0.05, 0.1) is 20.9 Å². The lowest BCUT2D eigenvalue weighted by atomic mass is 10.2. The number of carbonyl (C=O) groups is 2. The second kappa shape index (κ2) is 11.1. The third-order valence-electron chi connectivity index (χ3n) is 4.40. The number of amides is 2. The molecule has 0 saturated heterocycles. The molecule has 3 rings (SSSR count). The number of nitrogens with one attached hydrogen (secondary N) is 2. The lowest BCUT2D eigenvalue weighted by Crippen LogP contribution is -2.24. The van der Waals surface area contributed by atoms with Crippen molar-refractivity contribution in [3.05, 3.63) is 87.1 Å². The van der Waals surface area contributed by atoms with Crippen molar-refractivity contribution in [1.29, 1.82) is 0 Å². The normalized spacial score (nSPS) is 11.7. The van der Waals surface area contributed by atoms with E-state index in [2.05, 4.69) is 10.6 Å². The van der Waals surface area contributed by atoms with Gasteiger partial charge in [0.2, 0.25) is 5.91 Å². The molecule has 9 heteroatoms. The predicted octanol–water partition coefficient (Wildman–Crippen LogP) is 7.55. The molecular formula is C23H18Cl3FN2O2S. The molecule has 0 heterocycles. The number of anilines is 2. The zero-order valence-corrected chi connectivity index (χ0v) is 19.9. The van der Waals surface area contributed by atoms with Crippen LogP contribution in [0.3, 0.4) is 0 Å². The van der Waals surface area contributed by atoms with Crippen molar-refractivity contribution < 1.29 is 14.0 Å². The van der Waals surface area contributed by atoms with E-state index >= 15 is 0 Å². The molecule has 0 aliphatic rings. The Morgan fingerprint density at radius 1 is 0.938 bits per heavy atom. The number of hydrogen-bond acceptors (Lipinski definition) is 3. The molecule has 0 spiro atoms. The molecule has 4 nitrogen and oxygen atoms in total. The van der Waals surface area contributed by atoms with E-state index in [0.717, 1.165) is 4.90 Å². The van der Waals surface area contributed by atoms with Crippen LogP contribution in [-0.2, 0) is 4.79 Å². The summed E-state index contributed by atoms with van der Waals surface area (Å²) in [6.07, 6.45) is 0.558. The topological polar surface area (TPSA) is 58.2 Å². The summed E-state index contributed by atoms with van der Waals surface area (Å²) in [6, 6.07) is 15.8. The number of thioether (sulfide) groups is 1. The Morgan fingerprint density at radius 2 is 1.69 bits per heavy atom. The average Bonchev–Trinajstić information content (AvgIpc) is 2.74. The Balaban J connectivity index is 1.68. The van der Waals surface area contributed by atoms with Gasteiger partial charge in [-0.2, -0.15) is 0 Å². The van der Waals surface area contributed by atoms with Crippen molar-refractivity contribution >= 4 is 69.8 Å². The van der Waals surface area contributed by atoms with Gasteiger partial charge in [-0.25, -0.2) is 4.39 Å². The van der Waals surface area contributed by atoms with E-state index in [4.69, 9.17) is 34.8 Å². The Morgan fingerprint density at radius 3 is 2.38 bits per heavy atom. The van der Waals surface area contributed by atoms with Crippen LogP contribution in [0, 0.1) is 5.82 Å². The van der Waals surface area contributed by atoms with Crippen molar-refractivity contribution in [1.82, 2.24) is 0 Å². The van der Waals surface area contributed by atoms with E-state index < -0.39 is 11.1 Å². The largest absolute Gasteiger partial charge is 0.325 e. The summed E-state index contributed by atoms with van der Waals surface area (Å²) in [5, 5.41) is 5.78. The summed E-state index contributed by atoms with van der Waals surface area (Å²) < 4.78 is 13.3. The van der Waals surface area contributed by atoms with Crippen LogP contribution in [0.1, 0.15) is 23.7 Å². The zero-order valence-electron chi connectivity index (χ0n) is 16.8. The maximum atomic E-state index is 13.3. The van der Waals surface area contributed by atoms with Crippen LogP contribution in [0.25, 0.3) is 0 Å². The van der Waals surface area contributed by atoms with E-state index in [9.17, 15) is 14.0 Å². The summed E-state index contributed by atoms with van der Waals surface area (Å²) in [4.78, 5) is 26.0. The fourth-order valence-electron chi connectivity index (χ4n) is 2.80. The molecule has 0 aliphatic carbocycles. The van der Waals surface area contributed by atoms with Crippen molar-refractivity contribution in [3.8, 4) is 0 Å². The lowest BCUT2D eigenvalue weighted by molar-refractivity contribution is -0.115. The molecule has 0 aliphatic heterocycles. The first-order valence-electron chi connectivity index (χ1n) is 9.56. The summed E-state index contributed by atoms with van der Waals surface area (Å²) in [6.45, 7) is 1.89. The molecule has 0 saturated carbocycles. The molecule has 3 aromatic carbocycles. The Kier molecular flexibility index (Phi) is 8.43. The summed E-state index contributed by atoms with van der Waals surface area (Å²) in [5.74, 6) is -1.15. The fourth-order valence-corrected chi connectivity index (χ4v) is 4.49. The third-order valence-corrected chi connectivity index (χ3v) is 6.59. The predicted molar refractivity (Wildman–Crippen MR) is 131 cm³/mol. The van der Waals surface area contributed by atoms with Crippen molar-refractivity contribution in [2.45, 2.75) is 23.5 Å². The van der Waals surface area contributed by atoms with Gasteiger partial charge in [0.25, 0.3) is 5.91 Å². The minimum absolute atomic E-state index is 0.0623. The van der Waals surface area contributed by atoms with Crippen LogP contribution in [0.5, 0.6) is 0 Å². The first-order valence-corrected chi connectivity index (χ1v) is 11.6. The maximum Gasteiger partial charge on any atom is 0.257 e. The highest BCUT2D eigenvalue weighted by Crippen LogP contribution is 2.30. The molecular weight excluding hydrogens is 494 g/mol. The number of carbonyl (C=O) groups excluding carboxylic acids is 2. The molecule has 0 radical (unpaired) electrons. The van der Waals surface area contributed by atoms with E-state index in [1.165, 1.54) is 36.0 Å². The highest BCUT2D eigenvalue weighted by atomic mass is 35.5. The van der Waals surface area contributed by atoms with Crippen molar-refractivity contribution in [2.75, 3.05) is 10.6 Å². The van der Waals surface area contributed by atoms with E-state index in [1.807, 2.05) is 13.0 Å². The molecule has 2 N–H and O–H groups in total. The summed E-state index contributed by atoms with van der Waals surface area (Å²) in [5.41, 5.74) is 1.28. The fraction of sp³-hybridized carbons (Fsp3) is 0.130. The van der Waals surface area contributed by atoms with Crippen LogP contribution < -0.4 is 10.6 Å². The van der Waals surface area contributed by atoms with E-state index in [-0.39, 0.29) is 21.9 Å². The second-order valence-electron chi connectivity index (χ2n) is 6.74. The molecule has 3 aromatic rings. The van der Waals surface area contributed by atoms with Crippen LogP contribution in [0.4, 0.5) is 15.8 Å². The average molecular weight is 512 g/mol. The standard InChI is InChI=1S/C23H18Cl3FN2O2S/c1-2-21(23(31)29-15-7-9-20(27)19(26)12-15)32-16-5-3-4-14(11-16)28-22(30)17-8-6-13(24)10-18(17)25/h3-12,21H,2H2,1H3,(H,28,30)(H,29,31). The monoisotopic (exact) mass is 510 g/mol. The maximum absolute atomic E-state index is 13.3. The van der Waals surface area contributed by atoms with Gasteiger partial charge < -0.3 is 10.6 Å². The molecule has 0 fully saturated rings. The molecule has 1 unspecified atom stereocenters. The van der Waals surface area contributed by atoms with Gasteiger partial charge in [-0.05, 0) is 61.0 Å². The number of benzene rings is 3. The van der Waals surface area contributed by atoms with Gasteiger partial charge in [-0.15, -0.1) is 11.8 Å². The zero-order chi connectivity index (χ0) is 23.3. The van der Waals surface area contributed by atoms with Gasteiger partial charge in [-0.1, -0.05) is 47.8 Å². The molecule has 1 atom stereocenters. The Labute approximate surface area is 204 Å². The second-order valence-corrected chi connectivity index (χ2v) is 9.27. The first kappa shape index (κ1) is 24.4. The molecule has 0 aromatic heterocycles. The number of rotatable bonds is 7. The Hall–Kier alpha value is -2.25. The van der Waals surface area contributed by atoms with Gasteiger partial charge in [0.15, 0.2) is 0 Å². The quantitative estimate of drug-likeness (QED) is 0.322. The van der Waals surface area contributed by atoms with Crippen LogP contribution in [0.2, 0.25) is 15.1 Å². The summed E-state index contributed by atoms with van der Waals surface area (Å²) >= 11 is 19.1. The van der Waals surface area contributed by atoms with Crippen LogP contribution in [-0.4, -0.2) is 17.1 Å². The van der Waals surface area contributed by atoms with Gasteiger partial charge in [0.1, 0.15) is 5.82 Å². The minimum Gasteiger partial charge on any atom is -0.325 e. The van der Waals surface area contributed by atoms with Crippen LogP contribution >= 0.6 is 46.6 Å². The third kappa shape index (κ3) is 6.39. The lowest BCUT2D eigenvalue weighted by Gasteiger charge is -2.16. The van der Waals surface area contributed by atoms with E-state index in [0.29, 0.717) is 28.4 Å². The summed E-state index contributed by atoms with van der Waals surface area (Å²) in [7, 11) is 0. The van der Waals surface area contributed by atoms with Gasteiger partial charge in [0, 0.05) is 21.3 Å². The molecule has 166 valence electrons. The van der Waals surface area contributed by atoms with Gasteiger partial charge >= 0.3 is 0 Å². The van der Waals surface area contributed by atoms with E-state index in [1.54, 1.807) is 30.3 Å². The Bertz CT molecular complexity index is 1160. The molecule has 32 heavy (non-hydrogen) atoms. The van der Waals surface area contributed by atoms with Crippen molar-refractivity contribution in [2.24, 2.45) is 0 Å². The van der Waals surface area contributed by atoms with Gasteiger partial charge in [-0.3, -0.25) is 9.59 Å². The SMILES string of the molecule is CCC(Sc1cccc(NC(=O)c2ccc(Cl)cc2Cl)c1)C(=O)Nc1ccc(F)c(Cl)c1. The molecule has 0 bridgehead atoms. The minimum atomic E-state index is -0.551. The smallest absolute Gasteiger partial charge is 0.257 e. The molecule has 2 amide bonds. The first-order chi connectivity index (χ1) is 15.3. The van der Waals surface area contributed by atoms with Crippen molar-refractivity contribution in [3.63, 3.8) is 0 Å². The highest BCUT2D eigenvalue weighted by Gasteiger charge is 2.19.